The summed E-state index contributed by atoms with van der Waals surface area (Å²) in [5.41, 5.74) is 0.372. The predicted octanol–water partition coefficient (Wildman–Crippen LogP) is 1.02. The fraction of sp³-hybridized carbons (Fsp3) is 0.250. The molecule has 0 atom stereocenters. The Kier molecular flexibility index (Phi) is 3.78. The lowest BCUT2D eigenvalue weighted by atomic mass is 9.79. The molecule has 0 unspecified atom stereocenters. The summed E-state index contributed by atoms with van der Waals surface area (Å²) in [6.45, 7) is 2.34. The highest BCUT2D eigenvalue weighted by Crippen LogP contribution is 2.14. The Labute approximate surface area is 88.6 Å². The molecule has 0 heterocycles. The zero-order valence-corrected chi connectivity index (χ0v) is 8.78. The summed E-state index contributed by atoms with van der Waals surface area (Å²) in [5.74, 6) is 0.501. The van der Waals surface area contributed by atoms with Crippen molar-refractivity contribution < 1.29 is 17.6 Å². The number of hydrogen-bond donors (Lipinski definition) is 2. The largest absolute Gasteiger partial charge is 0.494 e. The number of rotatable bonds is 3. The highest BCUT2D eigenvalue weighted by atomic mass is 79.9. The number of ether oxygens (including phenoxy) is 1. The summed E-state index contributed by atoms with van der Waals surface area (Å²) >= 11 is 3.24. The maximum Gasteiger partial charge on any atom is 0.492 e. The van der Waals surface area contributed by atoms with Crippen LogP contribution in [-0.4, -0.2) is 23.8 Å². The molecular formula is C8H14BBrO3. The van der Waals surface area contributed by atoms with Crippen LogP contribution in [0.15, 0.2) is 22.7 Å². The molecular weight excluding hydrogens is 235 g/mol. The molecule has 1 aromatic carbocycles. The molecule has 13 heavy (non-hydrogen) atoms. The maximum atomic E-state index is 9.01. The minimum absolute atomic E-state index is 0. The van der Waals surface area contributed by atoms with Gasteiger partial charge in [0.15, 0.2) is 0 Å². The first-order chi connectivity index (χ1) is 6.15. The van der Waals surface area contributed by atoms with Crippen molar-refractivity contribution in [1.29, 1.82) is 0 Å². The van der Waals surface area contributed by atoms with E-state index < -0.39 is 7.12 Å². The van der Waals surface area contributed by atoms with Crippen LogP contribution in [0.5, 0.6) is 5.75 Å². The van der Waals surface area contributed by atoms with Gasteiger partial charge >= 0.3 is 7.12 Å². The van der Waals surface area contributed by atoms with Crippen molar-refractivity contribution in [2.24, 2.45) is 0 Å². The third-order valence-corrected chi connectivity index (χ3v) is 2.04. The van der Waals surface area contributed by atoms with Gasteiger partial charge in [-0.2, -0.15) is 0 Å². The van der Waals surface area contributed by atoms with Gasteiger partial charge in [-0.15, -0.1) is 0 Å². The first-order valence-electron chi connectivity index (χ1n) is 3.93. The first-order valence-corrected chi connectivity index (χ1v) is 4.72. The van der Waals surface area contributed by atoms with E-state index in [0.717, 1.165) is 4.47 Å². The molecule has 2 N–H and O–H groups in total. The van der Waals surface area contributed by atoms with Crippen LogP contribution in [0.25, 0.3) is 0 Å². The normalized spacial score (nSPS) is 9.85. The van der Waals surface area contributed by atoms with Gasteiger partial charge in [-0.1, -0.05) is 15.9 Å². The van der Waals surface area contributed by atoms with E-state index in [2.05, 4.69) is 15.9 Å². The number of benzene rings is 1. The standard InChI is InChI=1S/C8H10BBrO3.2H2/c1-2-13-8-4-3-6(10)5-7(8)9(11)12;;/h3-5,11-12H,2H2,1H3;2*1H. The molecule has 3 nitrogen and oxygen atoms in total. The van der Waals surface area contributed by atoms with E-state index in [1.165, 1.54) is 0 Å². The SMILES string of the molecule is CCOc1ccc(Br)cc1B(O)O.[HH].[HH]. The van der Waals surface area contributed by atoms with E-state index in [1.807, 2.05) is 6.92 Å². The van der Waals surface area contributed by atoms with E-state index in [1.54, 1.807) is 18.2 Å². The zero-order chi connectivity index (χ0) is 9.84. The summed E-state index contributed by atoms with van der Waals surface area (Å²) in [4.78, 5) is 0. The monoisotopic (exact) mass is 248 g/mol. The molecule has 0 bridgehead atoms. The van der Waals surface area contributed by atoms with Gasteiger partial charge in [0.2, 0.25) is 0 Å². The Morgan fingerprint density at radius 3 is 2.77 bits per heavy atom. The van der Waals surface area contributed by atoms with Crippen LogP contribution < -0.4 is 10.2 Å². The minimum Gasteiger partial charge on any atom is -0.494 e. The van der Waals surface area contributed by atoms with Crippen LogP contribution in [0, 0.1) is 0 Å². The Bertz CT molecular complexity index is 299. The molecule has 0 fully saturated rings. The quantitative estimate of drug-likeness (QED) is 0.786. The van der Waals surface area contributed by atoms with E-state index in [0.29, 0.717) is 17.8 Å². The van der Waals surface area contributed by atoms with E-state index in [4.69, 9.17) is 14.8 Å². The second-order valence-corrected chi connectivity index (χ2v) is 3.40. The van der Waals surface area contributed by atoms with Gasteiger partial charge in [0.1, 0.15) is 5.75 Å². The molecule has 0 aliphatic heterocycles. The molecule has 0 aliphatic carbocycles. The van der Waals surface area contributed by atoms with Crippen molar-refractivity contribution in [3.63, 3.8) is 0 Å². The molecule has 0 amide bonds. The second kappa shape index (κ2) is 4.65. The Morgan fingerprint density at radius 2 is 2.23 bits per heavy atom. The Balaban J connectivity index is 0. The number of halogens is 1. The van der Waals surface area contributed by atoms with Gasteiger partial charge in [0, 0.05) is 12.8 Å². The highest BCUT2D eigenvalue weighted by Gasteiger charge is 2.16. The topological polar surface area (TPSA) is 49.7 Å². The average Bonchev–Trinajstić information content (AvgIpc) is 2.08. The van der Waals surface area contributed by atoms with Crippen molar-refractivity contribution in [1.82, 2.24) is 0 Å². The molecule has 1 rings (SSSR count). The van der Waals surface area contributed by atoms with Crippen LogP contribution in [-0.2, 0) is 0 Å². The second-order valence-electron chi connectivity index (χ2n) is 2.49. The molecule has 0 aliphatic rings. The van der Waals surface area contributed by atoms with Crippen LogP contribution in [0.1, 0.15) is 9.78 Å². The highest BCUT2D eigenvalue weighted by molar-refractivity contribution is 9.10. The van der Waals surface area contributed by atoms with Gasteiger partial charge in [-0.25, -0.2) is 0 Å². The lowest BCUT2D eigenvalue weighted by Crippen LogP contribution is -2.31. The lowest BCUT2D eigenvalue weighted by Gasteiger charge is -2.09. The minimum atomic E-state index is -1.50. The summed E-state index contributed by atoms with van der Waals surface area (Å²) < 4.78 is 6.00. The summed E-state index contributed by atoms with van der Waals surface area (Å²) in [5, 5.41) is 18.0. The third-order valence-electron chi connectivity index (χ3n) is 1.55. The molecule has 0 radical (unpaired) electrons. The van der Waals surface area contributed by atoms with Crippen molar-refractivity contribution in [3.8, 4) is 5.75 Å². The van der Waals surface area contributed by atoms with Gasteiger partial charge in [0.05, 0.1) is 6.61 Å². The van der Waals surface area contributed by atoms with Crippen molar-refractivity contribution in [2.75, 3.05) is 6.61 Å². The smallest absolute Gasteiger partial charge is 0.492 e. The third kappa shape index (κ3) is 2.72. The molecule has 0 saturated carbocycles. The molecule has 0 aromatic heterocycles. The van der Waals surface area contributed by atoms with Gasteiger partial charge in [-0.05, 0) is 25.1 Å². The molecule has 74 valence electrons. The van der Waals surface area contributed by atoms with E-state index in [-0.39, 0.29) is 2.85 Å². The first kappa shape index (κ1) is 10.6. The summed E-state index contributed by atoms with van der Waals surface area (Å²) in [6.07, 6.45) is 0. The Morgan fingerprint density at radius 1 is 1.54 bits per heavy atom. The fourth-order valence-electron chi connectivity index (χ4n) is 1.01. The number of hydrogen-bond acceptors (Lipinski definition) is 3. The van der Waals surface area contributed by atoms with Crippen molar-refractivity contribution in [3.05, 3.63) is 22.7 Å². The van der Waals surface area contributed by atoms with E-state index in [9.17, 15) is 0 Å². The predicted molar refractivity (Wildman–Crippen MR) is 59.4 cm³/mol. The molecule has 0 spiro atoms. The van der Waals surface area contributed by atoms with Crippen molar-refractivity contribution in [2.45, 2.75) is 6.92 Å². The van der Waals surface area contributed by atoms with Crippen LogP contribution in [0.4, 0.5) is 0 Å². The van der Waals surface area contributed by atoms with Crippen LogP contribution in [0.2, 0.25) is 0 Å². The van der Waals surface area contributed by atoms with Gasteiger partial charge < -0.3 is 14.8 Å². The summed E-state index contributed by atoms with van der Waals surface area (Å²) in [7, 11) is -1.50. The molecule has 1 aromatic rings. The fourth-order valence-corrected chi connectivity index (χ4v) is 1.39. The van der Waals surface area contributed by atoms with Gasteiger partial charge in [-0.3, -0.25) is 0 Å². The Hall–Kier alpha value is -0.515. The van der Waals surface area contributed by atoms with E-state index >= 15 is 0 Å². The molecule has 0 saturated heterocycles. The zero-order valence-electron chi connectivity index (χ0n) is 7.20. The average molecular weight is 249 g/mol. The van der Waals surface area contributed by atoms with Crippen LogP contribution >= 0.6 is 15.9 Å². The molecule has 5 heteroatoms. The van der Waals surface area contributed by atoms with Crippen LogP contribution in [0.3, 0.4) is 0 Å². The lowest BCUT2D eigenvalue weighted by molar-refractivity contribution is 0.340. The van der Waals surface area contributed by atoms with Gasteiger partial charge in [0.25, 0.3) is 0 Å². The maximum absolute atomic E-state index is 9.01. The van der Waals surface area contributed by atoms with Crippen molar-refractivity contribution >= 4 is 28.5 Å². The summed E-state index contributed by atoms with van der Waals surface area (Å²) in [6, 6.07) is 5.11.